The molecule has 0 saturated carbocycles. The van der Waals surface area contributed by atoms with Gasteiger partial charge in [-0.25, -0.2) is 8.78 Å². The van der Waals surface area contributed by atoms with E-state index in [0.29, 0.717) is 6.54 Å². The van der Waals surface area contributed by atoms with E-state index in [2.05, 4.69) is 5.32 Å². The van der Waals surface area contributed by atoms with Gasteiger partial charge in [0, 0.05) is 12.6 Å². The molecule has 0 heterocycles. The smallest absolute Gasteiger partial charge is 0.295 e. The van der Waals surface area contributed by atoms with Gasteiger partial charge in [0.15, 0.2) is 17.3 Å². The summed E-state index contributed by atoms with van der Waals surface area (Å²) in [6.07, 6.45) is 4.76. The van der Waals surface area contributed by atoms with Crippen LogP contribution in [0.1, 0.15) is 19.3 Å². The van der Waals surface area contributed by atoms with Crippen molar-refractivity contribution in [2.24, 2.45) is 0 Å². The highest BCUT2D eigenvalue weighted by atomic mass is 32.2. The van der Waals surface area contributed by atoms with Crippen molar-refractivity contribution in [2.45, 2.75) is 19.3 Å². The average Bonchev–Trinajstić information content (AvgIpc) is 2.38. The lowest BCUT2D eigenvalue weighted by atomic mass is 10.2. The molecule has 7 heteroatoms. The van der Waals surface area contributed by atoms with Crippen LogP contribution in [0.25, 0.3) is 0 Å². The molecule has 0 unspecified atom stereocenters. The topological polar surface area (TPSA) is 55.2 Å². The third kappa shape index (κ3) is 4.66. The maximum Gasteiger partial charge on any atom is 0.295 e. The molecule has 0 bridgehead atoms. The summed E-state index contributed by atoms with van der Waals surface area (Å²) in [4.78, 5) is 10.0. The summed E-state index contributed by atoms with van der Waals surface area (Å²) in [7, 11) is 0. The molecule has 4 nitrogen and oxygen atoms in total. The highest BCUT2D eigenvalue weighted by Crippen LogP contribution is 2.29. The van der Waals surface area contributed by atoms with Gasteiger partial charge in [-0.05, 0) is 30.9 Å². The maximum absolute atomic E-state index is 13.5. The highest BCUT2D eigenvalue weighted by Gasteiger charge is 2.20. The predicted molar refractivity (Wildman–Crippen MR) is 73.7 cm³/mol. The van der Waals surface area contributed by atoms with Crippen LogP contribution in [0.15, 0.2) is 12.1 Å². The van der Waals surface area contributed by atoms with Crippen molar-refractivity contribution in [3.8, 4) is 0 Å². The molecule has 1 rings (SSSR count). The number of benzene rings is 1. The summed E-state index contributed by atoms with van der Waals surface area (Å²) in [5, 5.41) is 13.4. The van der Waals surface area contributed by atoms with E-state index in [-0.39, 0.29) is 5.69 Å². The predicted octanol–water partition coefficient (Wildman–Crippen LogP) is 3.82. The lowest BCUT2D eigenvalue weighted by molar-refractivity contribution is -0.384. The fourth-order valence-corrected chi connectivity index (χ4v) is 2.12. The van der Waals surface area contributed by atoms with Gasteiger partial charge in [-0.1, -0.05) is 6.42 Å². The summed E-state index contributed by atoms with van der Waals surface area (Å²) >= 11 is 1.75. The quantitative estimate of drug-likeness (QED) is 0.449. The Morgan fingerprint density at radius 1 is 1.32 bits per heavy atom. The second kappa shape index (κ2) is 7.93. The molecule has 19 heavy (non-hydrogen) atoms. The van der Waals surface area contributed by atoms with Gasteiger partial charge in [0.05, 0.1) is 4.92 Å². The van der Waals surface area contributed by atoms with Gasteiger partial charge in [0.25, 0.3) is 5.69 Å². The molecule has 0 fully saturated rings. The molecule has 0 amide bonds. The molecule has 0 atom stereocenters. The van der Waals surface area contributed by atoms with Crippen LogP contribution in [0.3, 0.4) is 0 Å². The van der Waals surface area contributed by atoms with Gasteiger partial charge in [-0.2, -0.15) is 11.8 Å². The van der Waals surface area contributed by atoms with Crippen LogP contribution in [0.5, 0.6) is 0 Å². The van der Waals surface area contributed by atoms with Crippen molar-refractivity contribution in [2.75, 3.05) is 23.9 Å². The molecular formula is C12H16F2N2O2S. The van der Waals surface area contributed by atoms with Gasteiger partial charge >= 0.3 is 0 Å². The van der Waals surface area contributed by atoms with Crippen LogP contribution in [-0.2, 0) is 0 Å². The Hall–Kier alpha value is -1.37. The third-order valence-corrected chi connectivity index (χ3v) is 3.29. The van der Waals surface area contributed by atoms with Gasteiger partial charge < -0.3 is 5.32 Å². The van der Waals surface area contributed by atoms with Gasteiger partial charge in [-0.3, -0.25) is 10.1 Å². The number of anilines is 1. The molecule has 1 aromatic carbocycles. The molecule has 0 aromatic heterocycles. The number of nitrogens with one attached hydrogen (secondary N) is 1. The third-order valence-electron chi connectivity index (χ3n) is 2.60. The van der Waals surface area contributed by atoms with E-state index < -0.39 is 22.2 Å². The normalized spacial score (nSPS) is 10.5. The maximum atomic E-state index is 13.5. The van der Waals surface area contributed by atoms with Crippen molar-refractivity contribution >= 4 is 23.1 Å². The molecule has 0 spiro atoms. The first-order valence-corrected chi connectivity index (χ1v) is 7.32. The zero-order valence-electron chi connectivity index (χ0n) is 10.6. The summed E-state index contributed by atoms with van der Waals surface area (Å²) in [6, 6.07) is 1.73. The van der Waals surface area contributed by atoms with E-state index in [1.807, 2.05) is 6.26 Å². The zero-order valence-corrected chi connectivity index (χ0v) is 11.4. The van der Waals surface area contributed by atoms with Crippen molar-refractivity contribution in [3.05, 3.63) is 33.9 Å². The largest absolute Gasteiger partial charge is 0.377 e. The standard InChI is InChI=1S/C12H16F2N2O2S/c1-19-8-4-2-3-7-15-12-10(16(17)18)6-5-9(13)11(12)14/h5-6,15H,2-4,7-8H2,1H3. The molecule has 0 radical (unpaired) electrons. The number of thioether (sulfide) groups is 1. The molecule has 106 valence electrons. The van der Waals surface area contributed by atoms with Crippen LogP contribution >= 0.6 is 11.8 Å². The second-order valence-corrected chi connectivity index (χ2v) is 4.98. The van der Waals surface area contributed by atoms with Crippen LogP contribution in [0.2, 0.25) is 0 Å². The first-order valence-electron chi connectivity index (χ1n) is 5.93. The Labute approximate surface area is 114 Å². The van der Waals surface area contributed by atoms with Crippen molar-refractivity contribution in [1.82, 2.24) is 0 Å². The number of halogens is 2. The second-order valence-electron chi connectivity index (χ2n) is 3.99. The minimum absolute atomic E-state index is 0.366. The number of hydrogen-bond acceptors (Lipinski definition) is 4. The molecule has 0 aliphatic heterocycles. The van der Waals surface area contributed by atoms with Gasteiger partial charge in [-0.15, -0.1) is 0 Å². The fourth-order valence-electron chi connectivity index (χ4n) is 1.62. The Bertz CT molecular complexity index is 444. The van der Waals surface area contributed by atoms with Crippen LogP contribution in [0.4, 0.5) is 20.2 Å². The minimum Gasteiger partial charge on any atom is -0.377 e. The van der Waals surface area contributed by atoms with Crippen molar-refractivity contribution in [1.29, 1.82) is 0 Å². The van der Waals surface area contributed by atoms with Crippen LogP contribution in [0, 0.1) is 21.7 Å². The van der Waals surface area contributed by atoms with E-state index in [1.165, 1.54) is 0 Å². The Kier molecular flexibility index (Phi) is 6.55. The molecule has 1 N–H and O–H groups in total. The van der Waals surface area contributed by atoms with E-state index in [9.17, 15) is 18.9 Å². The molecule has 0 saturated heterocycles. The summed E-state index contributed by atoms with van der Waals surface area (Å²) < 4.78 is 26.6. The number of hydrogen-bond donors (Lipinski definition) is 1. The van der Waals surface area contributed by atoms with Crippen LogP contribution < -0.4 is 5.32 Å². The lowest BCUT2D eigenvalue weighted by Crippen LogP contribution is -2.07. The Morgan fingerprint density at radius 3 is 2.68 bits per heavy atom. The first-order chi connectivity index (χ1) is 9.07. The lowest BCUT2D eigenvalue weighted by Gasteiger charge is -2.08. The average molecular weight is 290 g/mol. The van der Waals surface area contributed by atoms with Crippen molar-refractivity contribution < 1.29 is 13.7 Å². The van der Waals surface area contributed by atoms with Gasteiger partial charge in [0.2, 0.25) is 0 Å². The SMILES string of the molecule is CSCCCCCNc1c([N+](=O)[O-])ccc(F)c1F. The van der Waals surface area contributed by atoms with Crippen molar-refractivity contribution in [3.63, 3.8) is 0 Å². The summed E-state index contributed by atoms with van der Waals surface area (Å²) in [5.74, 6) is -1.23. The van der Waals surface area contributed by atoms with E-state index >= 15 is 0 Å². The summed E-state index contributed by atoms with van der Waals surface area (Å²) in [5.41, 5.74) is -0.808. The van der Waals surface area contributed by atoms with E-state index in [0.717, 1.165) is 37.1 Å². The van der Waals surface area contributed by atoms with E-state index in [1.54, 1.807) is 11.8 Å². The number of rotatable bonds is 8. The molecule has 0 aliphatic rings. The molecular weight excluding hydrogens is 274 g/mol. The fraction of sp³-hybridized carbons (Fsp3) is 0.500. The number of unbranched alkanes of at least 4 members (excludes halogenated alkanes) is 2. The minimum atomic E-state index is -1.20. The summed E-state index contributed by atoms with van der Waals surface area (Å²) in [6.45, 7) is 0.385. The molecule has 1 aromatic rings. The van der Waals surface area contributed by atoms with Crippen LogP contribution in [-0.4, -0.2) is 23.5 Å². The Morgan fingerprint density at radius 2 is 2.05 bits per heavy atom. The highest BCUT2D eigenvalue weighted by molar-refractivity contribution is 7.98. The number of nitro benzene ring substituents is 1. The Balaban J connectivity index is 2.61. The monoisotopic (exact) mass is 290 g/mol. The number of nitro groups is 1. The molecule has 0 aliphatic carbocycles. The van der Waals surface area contributed by atoms with E-state index in [4.69, 9.17) is 0 Å². The number of nitrogens with zero attached hydrogens (tertiary/aromatic N) is 1. The zero-order chi connectivity index (χ0) is 14.3. The first kappa shape index (κ1) is 15.7. The van der Waals surface area contributed by atoms with Gasteiger partial charge in [0.1, 0.15) is 0 Å².